The summed E-state index contributed by atoms with van der Waals surface area (Å²) in [6.07, 6.45) is 1.87. The molecule has 2 rings (SSSR count). The van der Waals surface area contributed by atoms with E-state index in [1.165, 1.54) is 15.9 Å². The third-order valence-corrected chi connectivity index (χ3v) is 4.05. The minimum atomic E-state index is -0.592. The Morgan fingerprint density at radius 1 is 1.50 bits per heavy atom. The highest BCUT2D eigenvalue weighted by atomic mass is 19.1. The molecule has 2 amide bonds. The summed E-state index contributed by atoms with van der Waals surface area (Å²) >= 11 is 0. The third kappa shape index (κ3) is 3.11. The second kappa shape index (κ2) is 6.87. The summed E-state index contributed by atoms with van der Waals surface area (Å²) in [6, 6.07) is 4.99. The molecule has 0 saturated carbocycles. The van der Waals surface area contributed by atoms with Gasteiger partial charge in [0.2, 0.25) is 11.8 Å². The van der Waals surface area contributed by atoms with Crippen molar-refractivity contribution < 1.29 is 14.0 Å². The molecule has 2 unspecified atom stereocenters. The summed E-state index contributed by atoms with van der Waals surface area (Å²) in [7, 11) is 1.59. The first kappa shape index (κ1) is 16.4. The average Bonchev–Trinajstić information content (AvgIpc) is 2.88. The number of amides is 2. The standard InChI is InChI=1S/C16H22FN3O2/c1-3-6-12(18)15(21)19(2)14-9-10-20(16(14)22)13-8-5-4-7-11(13)17/h4-5,7-8,12,14H,3,6,9-10,18H2,1-2H3. The van der Waals surface area contributed by atoms with E-state index in [0.29, 0.717) is 19.4 Å². The van der Waals surface area contributed by atoms with E-state index in [2.05, 4.69) is 0 Å². The van der Waals surface area contributed by atoms with Gasteiger partial charge in [-0.25, -0.2) is 4.39 Å². The minimum Gasteiger partial charge on any atom is -0.332 e. The van der Waals surface area contributed by atoms with Crippen LogP contribution in [0.5, 0.6) is 0 Å². The molecule has 0 aliphatic carbocycles. The number of halogens is 1. The van der Waals surface area contributed by atoms with E-state index in [0.717, 1.165) is 6.42 Å². The molecule has 1 aliphatic heterocycles. The number of carbonyl (C=O) groups excluding carboxylic acids is 2. The Morgan fingerprint density at radius 2 is 2.18 bits per heavy atom. The second-order valence-electron chi connectivity index (χ2n) is 5.59. The topological polar surface area (TPSA) is 66.6 Å². The molecular weight excluding hydrogens is 285 g/mol. The molecule has 1 saturated heterocycles. The van der Waals surface area contributed by atoms with Gasteiger partial charge < -0.3 is 15.5 Å². The molecule has 0 radical (unpaired) electrons. The summed E-state index contributed by atoms with van der Waals surface area (Å²) < 4.78 is 13.8. The second-order valence-corrected chi connectivity index (χ2v) is 5.59. The van der Waals surface area contributed by atoms with E-state index in [-0.39, 0.29) is 17.5 Å². The van der Waals surface area contributed by atoms with Crippen LogP contribution in [0.25, 0.3) is 0 Å². The van der Waals surface area contributed by atoms with Crippen molar-refractivity contribution in [1.29, 1.82) is 0 Å². The van der Waals surface area contributed by atoms with E-state index in [1.54, 1.807) is 25.2 Å². The molecular formula is C16H22FN3O2. The van der Waals surface area contributed by atoms with Gasteiger partial charge in [0, 0.05) is 13.6 Å². The summed E-state index contributed by atoms with van der Waals surface area (Å²) in [4.78, 5) is 27.5. The number of nitrogens with zero attached hydrogens (tertiary/aromatic N) is 2. The average molecular weight is 307 g/mol. The van der Waals surface area contributed by atoms with Gasteiger partial charge in [-0.2, -0.15) is 0 Å². The lowest BCUT2D eigenvalue weighted by atomic mass is 10.1. The molecule has 6 heteroatoms. The number of benzene rings is 1. The van der Waals surface area contributed by atoms with Crippen LogP contribution in [0.4, 0.5) is 10.1 Å². The molecule has 1 aromatic rings. The Morgan fingerprint density at radius 3 is 2.82 bits per heavy atom. The Bertz CT molecular complexity index is 564. The molecule has 1 aliphatic rings. The van der Waals surface area contributed by atoms with Crippen LogP contribution in [0.2, 0.25) is 0 Å². The molecule has 22 heavy (non-hydrogen) atoms. The van der Waals surface area contributed by atoms with Gasteiger partial charge in [0.15, 0.2) is 0 Å². The fourth-order valence-electron chi connectivity index (χ4n) is 2.78. The highest BCUT2D eigenvalue weighted by molar-refractivity contribution is 6.01. The van der Waals surface area contributed by atoms with Gasteiger partial charge in [-0.15, -0.1) is 0 Å². The summed E-state index contributed by atoms with van der Waals surface area (Å²) in [5.41, 5.74) is 6.09. The van der Waals surface area contributed by atoms with Gasteiger partial charge in [0.25, 0.3) is 0 Å². The van der Waals surface area contributed by atoms with Crippen LogP contribution in [0.1, 0.15) is 26.2 Å². The minimum absolute atomic E-state index is 0.240. The fraction of sp³-hybridized carbons (Fsp3) is 0.500. The molecule has 2 atom stereocenters. The lowest BCUT2D eigenvalue weighted by molar-refractivity contribution is -0.137. The SMILES string of the molecule is CCCC(N)C(=O)N(C)C1CCN(c2ccccc2F)C1=O. The number of likely N-dealkylation sites (N-methyl/N-ethyl adjacent to an activating group) is 1. The van der Waals surface area contributed by atoms with E-state index >= 15 is 0 Å². The van der Waals surface area contributed by atoms with Crippen LogP contribution in [0.3, 0.4) is 0 Å². The molecule has 1 aromatic carbocycles. The van der Waals surface area contributed by atoms with Gasteiger partial charge in [0.1, 0.15) is 11.9 Å². The smallest absolute Gasteiger partial charge is 0.249 e. The molecule has 0 aromatic heterocycles. The molecule has 0 bridgehead atoms. The van der Waals surface area contributed by atoms with E-state index in [4.69, 9.17) is 5.73 Å². The summed E-state index contributed by atoms with van der Waals surface area (Å²) in [5.74, 6) is -0.937. The Labute approximate surface area is 129 Å². The predicted molar refractivity (Wildman–Crippen MR) is 82.8 cm³/mol. The number of carbonyl (C=O) groups is 2. The maximum absolute atomic E-state index is 13.8. The molecule has 1 fully saturated rings. The zero-order valence-corrected chi connectivity index (χ0v) is 13.0. The van der Waals surface area contributed by atoms with Crippen LogP contribution in [-0.4, -0.2) is 42.4 Å². The van der Waals surface area contributed by atoms with Gasteiger partial charge in [-0.05, 0) is 25.0 Å². The van der Waals surface area contributed by atoms with Crippen molar-refractivity contribution in [3.05, 3.63) is 30.1 Å². The zero-order chi connectivity index (χ0) is 16.3. The van der Waals surface area contributed by atoms with Gasteiger partial charge in [0.05, 0.1) is 11.7 Å². The number of rotatable bonds is 5. The van der Waals surface area contributed by atoms with Crippen molar-refractivity contribution in [2.45, 2.75) is 38.3 Å². The van der Waals surface area contributed by atoms with Crippen LogP contribution >= 0.6 is 0 Å². The number of hydrogen-bond donors (Lipinski definition) is 1. The lowest BCUT2D eigenvalue weighted by Gasteiger charge is -2.26. The fourth-order valence-corrected chi connectivity index (χ4v) is 2.78. The van der Waals surface area contributed by atoms with Crippen LogP contribution in [-0.2, 0) is 9.59 Å². The largest absolute Gasteiger partial charge is 0.332 e. The summed E-state index contributed by atoms with van der Waals surface area (Å²) in [5, 5.41) is 0. The van der Waals surface area contributed by atoms with Crippen LogP contribution < -0.4 is 10.6 Å². The van der Waals surface area contributed by atoms with Crippen molar-refractivity contribution in [3.8, 4) is 0 Å². The molecule has 1 heterocycles. The van der Waals surface area contributed by atoms with Crippen LogP contribution in [0.15, 0.2) is 24.3 Å². The lowest BCUT2D eigenvalue weighted by Crippen LogP contribution is -2.49. The maximum Gasteiger partial charge on any atom is 0.249 e. The van der Waals surface area contributed by atoms with E-state index in [9.17, 15) is 14.0 Å². The van der Waals surface area contributed by atoms with Crippen molar-refractivity contribution in [2.24, 2.45) is 5.73 Å². The number of para-hydroxylation sites is 1. The molecule has 0 spiro atoms. The zero-order valence-electron chi connectivity index (χ0n) is 13.0. The van der Waals surface area contributed by atoms with Crippen molar-refractivity contribution >= 4 is 17.5 Å². The Balaban J connectivity index is 2.11. The van der Waals surface area contributed by atoms with Crippen molar-refractivity contribution in [3.63, 3.8) is 0 Å². The quantitative estimate of drug-likeness (QED) is 0.897. The Kier molecular flexibility index (Phi) is 5.13. The first-order chi connectivity index (χ1) is 10.5. The van der Waals surface area contributed by atoms with E-state index < -0.39 is 17.9 Å². The van der Waals surface area contributed by atoms with Crippen molar-refractivity contribution in [2.75, 3.05) is 18.5 Å². The first-order valence-electron chi connectivity index (χ1n) is 7.55. The number of anilines is 1. The van der Waals surface area contributed by atoms with E-state index in [1.807, 2.05) is 6.92 Å². The molecule has 2 N–H and O–H groups in total. The normalized spacial score (nSPS) is 19.4. The van der Waals surface area contributed by atoms with Gasteiger partial charge >= 0.3 is 0 Å². The molecule has 120 valence electrons. The van der Waals surface area contributed by atoms with Crippen molar-refractivity contribution in [1.82, 2.24) is 4.90 Å². The van der Waals surface area contributed by atoms with Gasteiger partial charge in [-0.3, -0.25) is 9.59 Å². The number of hydrogen-bond acceptors (Lipinski definition) is 3. The third-order valence-electron chi connectivity index (χ3n) is 4.05. The first-order valence-corrected chi connectivity index (χ1v) is 7.55. The monoisotopic (exact) mass is 307 g/mol. The Hall–Kier alpha value is -1.95. The highest BCUT2D eigenvalue weighted by Crippen LogP contribution is 2.26. The number of nitrogens with two attached hydrogens (primary N) is 1. The van der Waals surface area contributed by atoms with Gasteiger partial charge in [-0.1, -0.05) is 25.5 Å². The highest BCUT2D eigenvalue weighted by Gasteiger charge is 2.38. The van der Waals surface area contributed by atoms with Crippen LogP contribution in [0, 0.1) is 5.82 Å². The summed E-state index contributed by atoms with van der Waals surface area (Å²) in [6.45, 7) is 2.35. The molecule has 5 nitrogen and oxygen atoms in total. The predicted octanol–water partition coefficient (Wildman–Crippen LogP) is 1.52. The maximum atomic E-state index is 13.8.